The second-order valence-corrected chi connectivity index (χ2v) is 6.75. The van der Waals surface area contributed by atoms with Crippen LogP contribution in [0.4, 0.5) is 5.69 Å². The van der Waals surface area contributed by atoms with E-state index >= 15 is 0 Å². The minimum absolute atomic E-state index is 0.0482. The van der Waals surface area contributed by atoms with E-state index in [4.69, 9.17) is 23.2 Å². The van der Waals surface area contributed by atoms with Crippen molar-refractivity contribution in [1.82, 2.24) is 5.32 Å². The second-order valence-electron chi connectivity index (χ2n) is 4.13. The lowest BCUT2D eigenvalue weighted by Gasteiger charge is -2.10. The van der Waals surface area contributed by atoms with Crippen molar-refractivity contribution in [1.29, 1.82) is 0 Å². The highest BCUT2D eigenvalue weighted by molar-refractivity contribution is 7.92. The topological polar surface area (TPSA) is 58.2 Å². The molecule has 1 aromatic carbocycles. The summed E-state index contributed by atoms with van der Waals surface area (Å²) in [7, 11) is -3.39. The van der Waals surface area contributed by atoms with E-state index in [1.807, 2.05) is 0 Å². The molecule has 0 atom stereocenters. The molecule has 19 heavy (non-hydrogen) atoms. The average Bonchev–Trinajstić information content (AvgIpc) is 2.34. The van der Waals surface area contributed by atoms with Crippen molar-refractivity contribution in [3.05, 3.63) is 28.2 Å². The van der Waals surface area contributed by atoms with Crippen LogP contribution in [0.2, 0.25) is 10.0 Å². The van der Waals surface area contributed by atoms with Gasteiger partial charge in [0.1, 0.15) is 0 Å². The Morgan fingerprint density at radius 3 is 2.63 bits per heavy atom. The zero-order chi connectivity index (χ0) is 14.3. The minimum Gasteiger partial charge on any atom is -0.317 e. The predicted molar refractivity (Wildman–Crippen MR) is 81.6 cm³/mol. The second kappa shape index (κ2) is 7.94. The zero-order valence-corrected chi connectivity index (χ0v) is 13.1. The van der Waals surface area contributed by atoms with E-state index in [1.54, 1.807) is 18.2 Å². The predicted octanol–water partition coefficient (Wildman–Crippen LogP) is 3.12. The molecule has 0 saturated carbocycles. The van der Waals surface area contributed by atoms with Crippen LogP contribution in [0, 0.1) is 0 Å². The van der Waals surface area contributed by atoms with Crippen LogP contribution in [-0.2, 0) is 10.0 Å². The maximum absolute atomic E-state index is 11.9. The number of anilines is 1. The van der Waals surface area contributed by atoms with Gasteiger partial charge in [0.2, 0.25) is 10.0 Å². The summed E-state index contributed by atoms with van der Waals surface area (Å²) in [5.41, 5.74) is 0.315. The molecule has 0 bridgehead atoms. The van der Waals surface area contributed by atoms with E-state index in [1.165, 1.54) is 0 Å². The quantitative estimate of drug-likeness (QED) is 0.722. The van der Waals surface area contributed by atoms with Gasteiger partial charge in [-0.25, -0.2) is 8.42 Å². The molecule has 1 aromatic rings. The summed E-state index contributed by atoms with van der Waals surface area (Å²) in [6, 6.07) is 4.84. The molecule has 0 aromatic heterocycles. The van der Waals surface area contributed by atoms with Gasteiger partial charge in [-0.15, -0.1) is 0 Å². The van der Waals surface area contributed by atoms with Crippen molar-refractivity contribution in [2.24, 2.45) is 0 Å². The summed E-state index contributed by atoms with van der Waals surface area (Å²) < 4.78 is 26.2. The first-order valence-electron chi connectivity index (χ1n) is 6.11. The molecule has 0 unspecified atom stereocenters. The fraction of sp³-hybridized carbons (Fsp3) is 0.500. The summed E-state index contributed by atoms with van der Waals surface area (Å²) in [6.45, 7) is 3.64. The molecule has 0 aliphatic rings. The van der Waals surface area contributed by atoms with E-state index in [9.17, 15) is 8.42 Å². The number of halogens is 2. The summed E-state index contributed by atoms with van der Waals surface area (Å²) >= 11 is 11.8. The number of rotatable bonds is 8. The fourth-order valence-corrected chi connectivity index (χ4v) is 3.03. The molecule has 0 spiro atoms. The molecule has 2 N–H and O–H groups in total. The lowest BCUT2D eigenvalue weighted by molar-refractivity contribution is 0.593. The van der Waals surface area contributed by atoms with Crippen LogP contribution in [0.5, 0.6) is 0 Å². The number of nitrogens with one attached hydrogen (secondary N) is 2. The van der Waals surface area contributed by atoms with Crippen LogP contribution in [0.25, 0.3) is 0 Å². The molecule has 1 rings (SSSR count). The summed E-state index contributed by atoms with van der Waals surface area (Å²) in [4.78, 5) is 0. The number of sulfonamides is 1. The van der Waals surface area contributed by atoms with Crippen molar-refractivity contribution >= 4 is 38.9 Å². The highest BCUT2D eigenvalue weighted by atomic mass is 35.5. The standard InChI is InChI=1S/C12H18Cl2N2O2S/c1-2-7-15-8-4-9-19(17,18)16-11-6-3-5-10(13)12(11)14/h3,5-6,15-16H,2,4,7-9H2,1H3. The lowest BCUT2D eigenvalue weighted by Crippen LogP contribution is -2.22. The van der Waals surface area contributed by atoms with Crippen LogP contribution in [-0.4, -0.2) is 27.3 Å². The molecule has 0 heterocycles. The van der Waals surface area contributed by atoms with Gasteiger partial charge in [0, 0.05) is 0 Å². The van der Waals surface area contributed by atoms with E-state index in [0.717, 1.165) is 13.0 Å². The number of hydrogen-bond donors (Lipinski definition) is 2. The third-order valence-electron chi connectivity index (χ3n) is 2.41. The van der Waals surface area contributed by atoms with E-state index < -0.39 is 10.0 Å². The van der Waals surface area contributed by atoms with Crippen LogP contribution in [0.3, 0.4) is 0 Å². The Morgan fingerprint density at radius 2 is 1.95 bits per heavy atom. The van der Waals surface area contributed by atoms with Crippen LogP contribution >= 0.6 is 23.2 Å². The van der Waals surface area contributed by atoms with Crippen LogP contribution in [0.1, 0.15) is 19.8 Å². The van der Waals surface area contributed by atoms with Gasteiger partial charge in [-0.05, 0) is 38.1 Å². The van der Waals surface area contributed by atoms with Crippen molar-refractivity contribution in [2.75, 3.05) is 23.6 Å². The molecule has 0 amide bonds. The van der Waals surface area contributed by atoms with E-state index in [2.05, 4.69) is 17.0 Å². The highest BCUT2D eigenvalue weighted by Crippen LogP contribution is 2.30. The normalized spacial score (nSPS) is 11.5. The maximum atomic E-state index is 11.9. The molecule has 0 fully saturated rings. The highest BCUT2D eigenvalue weighted by Gasteiger charge is 2.13. The molecule has 0 aliphatic heterocycles. The van der Waals surface area contributed by atoms with Gasteiger partial charge in [-0.1, -0.05) is 36.2 Å². The minimum atomic E-state index is -3.39. The Labute approximate surface area is 124 Å². The van der Waals surface area contributed by atoms with Crippen molar-refractivity contribution < 1.29 is 8.42 Å². The van der Waals surface area contributed by atoms with Gasteiger partial charge < -0.3 is 5.32 Å². The smallest absolute Gasteiger partial charge is 0.232 e. The molecule has 0 saturated heterocycles. The monoisotopic (exact) mass is 324 g/mol. The third-order valence-corrected chi connectivity index (χ3v) is 4.59. The van der Waals surface area contributed by atoms with E-state index in [-0.39, 0.29) is 10.8 Å². The molecule has 4 nitrogen and oxygen atoms in total. The molecule has 0 radical (unpaired) electrons. The van der Waals surface area contributed by atoms with Gasteiger partial charge in [0.05, 0.1) is 21.5 Å². The van der Waals surface area contributed by atoms with Crippen LogP contribution < -0.4 is 10.0 Å². The SMILES string of the molecule is CCCNCCCS(=O)(=O)Nc1cccc(Cl)c1Cl. The Morgan fingerprint density at radius 1 is 1.21 bits per heavy atom. The molecule has 0 aliphatic carbocycles. The van der Waals surface area contributed by atoms with Crippen LogP contribution in [0.15, 0.2) is 18.2 Å². The Hall–Kier alpha value is -0.490. The summed E-state index contributed by atoms with van der Waals surface area (Å²) in [5.74, 6) is 0.0482. The van der Waals surface area contributed by atoms with Gasteiger partial charge in [-0.2, -0.15) is 0 Å². The average molecular weight is 325 g/mol. The van der Waals surface area contributed by atoms with Gasteiger partial charge >= 0.3 is 0 Å². The maximum Gasteiger partial charge on any atom is 0.232 e. The molecule has 7 heteroatoms. The third kappa shape index (κ3) is 5.99. The van der Waals surface area contributed by atoms with Gasteiger partial charge in [-0.3, -0.25) is 4.72 Å². The van der Waals surface area contributed by atoms with Crippen molar-refractivity contribution in [3.8, 4) is 0 Å². The zero-order valence-electron chi connectivity index (χ0n) is 10.7. The van der Waals surface area contributed by atoms with Crippen molar-refractivity contribution in [3.63, 3.8) is 0 Å². The molecule has 108 valence electrons. The Kier molecular flexibility index (Phi) is 6.93. The van der Waals surface area contributed by atoms with Crippen molar-refractivity contribution in [2.45, 2.75) is 19.8 Å². The number of benzene rings is 1. The van der Waals surface area contributed by atoms with E-state index in [0.29, 0.717) is 23.7 Å². The Balaban J connectivity index is 2.52. The summed E-state index contributed by atoms with van der Waals surface area (Å²) in [5, 5.41) is 3.70. The van der Waals surface area contributed by atoms with Gasteiger partial charge in [0.15, 0.2) is 0 Å². The number of hydrogen-bond acceptors (Lipinski definition) is 3. The fourth-order valence-electron chi connectivity index (χ4n) is 1.49. The first-order chi connectivity index (χ1) is 8.96. The molecular formula is C12H18Cl2N2O2S. The largest absolute Gasteiger partial charge is 0.317 e. The first-order valence-corrected chi connectivity index (χ1v) is 8.52. The molecular weight excluding hydrogens is 307 g/mol. The Bertz CT molecular complexity index is 506. The summed E-state index contributed by atoms with van der Waals surface area (Å²) in [6.07, 6.45) is 1.58. The first kappa shape index (κ1) is 16.6. The van der Waals surface area contributed by atoms with Gasteiger partial charge in [0.25, 0.3) is 0 Å². The lowest BCUT2D eigenvalue weighted by atomic mass is 10.3.